The monoisotopic (exact) mass is 237 g/mol. The molecule has 16 heavy (non-hydrogen) atoms. The van der Waals surface area contributed by atoms with Crippen molar-refractivity contribution in [1.82, 2.24) is 25.3 Å². The fraction of sp³-hybridized carbons (Fsp3) is 0.500. The Morgan fingerprint density at radius 1 is 1.38 bits per heavy atom. The van der Waals surface area contributed by atoms with Crippen molar-refractivity contribution in [2.75, 3.05) is 12.3 Å². The number of thioether (sulfide) groups is 1. The van der Waals surface area contributed by atoms with Crippen LogP contribution < -0.4 is 5.32 Å². The third kappa shape index (κ3) is 2.70. The summed E-state index contributed by atoms with van der Waals surface area (Å²) in [5.41, 5.74) is 1.66. The lowest BCUT2D eigenvalue weighted by Crippen LogP contribution is -2.24. The van der Waals surface area contributed by atoms with Gasteiger partial charge in [0.2, 0.25) is 0 Å². The van der Waals surface area contributed by atoms with Crippen LogP contribution in [0, 0.1) is 0 Å². The minimum atomic E-state index is 0.526. The van der Waals surface area contributed by atoms with Crippen molar-refractivity contribution in [1.29, 1.82) is 0 Å². The molecule has 0 aromatic carbocycles. The van der Waals surface area contributed by atoms with Gasteiger partial charge in [0.15, 0.2) is 5.65 Å². The largest absolute Gasteiger partial charge is 0.341 e. The van der Waals surface area contributed by atoms with Crippen molar-refractivity contribution in [3.8, 4) is 0 Å². The Hall–Kier alpha value is -1.14. The van der Waals surface area contributed by atoms with E-state index < -0.39 is 0 Å². The van der Waals surface area contributed by atoms with Gasteiger partial charge in [0.25, 0.3) is 0 Å². The predicted octanol–water partition coefficient (Wildman–Crippen LogP) is 1.44. The van der Waals surface area contributed by atoms with Gasteiger partial charge in [0.1, 0.15) is 16.9 Å². The number of nitrogens with zero attached hydrogens (tertiary/aromatic N) is 3. The summed E-state index contributed by atoms with van der Waals surface area (Å²) in [5.74, 6) is 0.989. The summed E-state index contributed by atoms with van der Waals surface area (Å²) in [6.45, 7) is 5.26. The van der Waals surface area contributed by atoms with E-state index in [4.69, 9.17) is 0 Å². The van der Waals surface area contributed by atoms with Crippen molar-refractivity contribution < 1.29 is 0 Å². The van der Waals surface area contributed by atoms with E-state index in [1.54, 1.807) is 24.4 Å². The van der Waals surface area contributed by atoms with Crippen LogP contribution in [0.25, 0.3) is 11.2 Å². The van der Waals surface area contributed by atoms with Crippen LogP contribution in [0.4, 0.5) is 0 Å². The zero-order valence-corrected chi connectivity index (χ0v) is 10.2. The van der Waals surface area contributed by atoms with Gasteiger partial charge in [-0.05, 0) is 0 Å². The normalized spacial score (nSPS) is 11.4. The zero-order chi connectivity index (χ0) is 11.4. The number of H-pyrrole nitrogens is 1. The van der Waals surface area contributed by atoms with Crippen molar-refractivity contribution in [2.45, 2.75) is 24.9 Å². The van der Waals surface area contributed by atoms with Crippen LogP contribution in [0.15, 0.2) is 17.7 Å². The Balaban J connectivity index is 1.96. The molecule has 0 saturated heterocycles. The van der Waals surface area contributed by atoms with Crippen LogP contribution in [0.2, 0.25) is 0 Å². The number of fused-ring (bicyclic) bond motifs is 1. The molecule has 2 rings (SSSR count). The molecule has 0 amide bonds. The van der Waals surface area contributed by atoms with Gasteiger partial charge < -0.3 is 10.3 Å². The quantitative estimate of drug-likeness (QED) is 0.468. The first-order valence-electron chi connectivity index (χ1n) is 5.27. The van der Waals surface area contributed by atoms with E-state index in [9.17, 15) is 0 Å². The first-order valence-corrected chi connectivity index (χ1v) is 6.26. The van der Waals surface area contributed by atoms with E-state index in [1.807, 2.05) is 0 Å². The minimum Gasteiger partial charge on any atom is -0.341 e. The molecular weight excluding hydrogens is 222 g/mol. The molecule has 5 nitrogen and oxygen atoms in total. The summed E-state index contributed by atoms with van der Waals surface area (Å²) >= 11 is 1.71. The molecule has 0 fully saturated rings. The lowest BCUT2D eigenvalue weighted by Gasteiger charge is -2.06. The van der Waals surface area contributed by atoms with E-state index in [0.717, 1.165) is 28.5 Å². The van der Waals surface area contributed by atoms with Gasteiger partial charge in [-0.1, -0.05) is 13.8 Å². The average molecular weight is 237 g/mol. The predicted molar refractivity (Wildman–Crippen MR) is 65.5 cm³/mol. The van der Waals surface area contributed by atoms with Crippen LogP contribution in [-0.4, -0.2) is 38.3 Å². The molecule has 0 aliphatic rings. The van der Waals surface area contributed by atoms with Gasteiger partial charge in [-0.15, -0.1) is 11.8 Å². The minimum absolute atomic E-state index is 0.526. The smallest absolute Gasteiger partial charge is 0.181 e. The van der Waals surface area contributed by atoms with Crippen LogP contribution in [0.3, 0.4) is 0 Å². The number of nitrogens with one attached hydrogen (secondary N) is 2. The Bertz CT molecular complexity index is 453. The standard InChI is InChI=1S/C10H15N5S/c1-7(2)11-3-4-16-10-8-9(13-5-12-8)14-6-15-10/h5-7,11H,3-4H2,1-2H3,(H,12,13,14,15). The summed E-state index contributed by atoms with van der Waals surface area (Å²) in [5, 5.41) is 4.33. The highest BCUT2D eigenvalue weighted by Gasteiger charge is 2.05. The maximum Gasteiger partial charge on any atom is 0.181 e. The summed E-state index contributed by atoms with van der Waals surface area (Å²) in [4.78, 5) is 15.5. The van der Waals surface area contributed by atoms with Crippen molar-refractivity contribution >= 4 is 22.9 Å². The van der Waals surface area contributed by atoms with E-state index in [1.165, 1.54) is 0 Å². The fourth-order valence-electron chi connectivity index (χ4n) is 1.35. The first kappa shape index (κ1) is 11.3. The maximum absolute atomic E-state index is 4.25. The molecule has 0 unspecified atom stereocenters. The van der Waals surface area contributed by atoms with Crippen LogP contribution in [0.1, 0.15) is 13.8 Å². The second kappa shape index (κ2) is 5.27. The van der Waals surface area contributed by atoms with E-state index in [2.05, 4.69) is 39.1 Å². The molecule has 0 atom stereocenters. The summed E-state index contributed by atoms with van der Waals surface area (Å²) in [7, 11) is 0. The Morgan fingerprint density at radius 2 is 2.25 bits per heavy atom. The number of hydrogen-bond donors (Lipinski definition) is 2. The van der Waals surface area contributed by atoms with E-state index in [-0.39, 0.29) is 0 Å². The van der Waals surface area contributed by atoms with Crippen LogP contribution >= 0.6 is 11.8 Å². The molecule has 2 N–H and O–H groups in total. The number of aromatic nitrogens is 4. The molecule has 0 saturated carbocycles. The maximum atomic E-state index is 4.25. The lowest BCUT2D eigenvalue weighted by atomic mass is 10.4. The number of rotatable bonds is 5. The van der Waals surface area contributed by atoms with Crippen molar-refractivity contribution in [2.24, 2.45) is 0 Å². The topological polar surface area (TPSA) is 66.5 Å². The first-order chi connectivity index (χ1) is 7.77. The Labute approximate surface area is 98.5 Å². The van der Waals surface area contributed by atoms with Crippen LogP contribution in [0.5, 0.6) is 0 Å². The molecule has 0 aliphatic carbocycles. The number of aromatic amines is 1. The molecule has 2 heterocycles. The second-order valence-electron chi connectivity index (χ2n) is 3.74. The molecule has 0 radical (unpaired) electrons. The zero-order valence-electron chi connectivity index (χ0n) is 9.40. The molecular formula is C10H15N5S. The molecule has 0 bridgehead atoms. The fourth-order valence-corrected chi connectivity index (χ4v) is 2.18. The lowest BCUT2D eigenvalue weighted by molar-refractivity contribution is 0.616. The molecule has 0 aliphatic heterocycles. The molecule has 2 aromatic heterocycles. The molecule has 0 spiro atoms. The van der Waals surface area contributed by atoms with Gasteiger partial charge in [-0.2, -0.15) is 0 Å². The Kier molecular flexibility index (Phi) is 3.74. The van der Waals surface area contributed by atoms with E-state index >= 15 is 0 Å². The molecule has 2 aromatic rings. The van der Waals surface area contributed by atoms with Crippen molar-refractivity contribution in [3.63, 3.8) is 0 Å². The highest BCUT2D eigenvalue weighted by Crippen LogP contribution is 2.20. The van der Waals surface area contributed by atoms with Crippen molar-refractivity contribution in [3.05, 3.63) is 12.7 Å². The molecule has 6 heteroatoms. The third-order valence-electron chi connectivity index (χ3n) is 2.08. The summed E-state index contributed by atoms with van der Waals surface area (Å²) in [6, 6.07) is 0.526. The van der Waals surface area contributed by atoms with Gasteiger partial charge in [-0.25, -0.2) is 15.0 Å². The summed E-state index contributed by atoms with van der Waals surface area (Å²) < 4.78 is 0. The molecule has 86 valence electrons. The average Bonchev–Trinajstić information content (AvgIpc) is 2.72. The van der Waals surface area contributed by atoms with Crippen LogP contribution in [-0.2, 0) is 0 Å². The van der Waals surface area contributed by atoms with Gasteiger partial charge >= 0.3 is 0 Å². The van der Waals surface area contributed by atoms with E-state index in [0.29, 0.717) is 6.04 Å². The SMILES string of the molecule is CC(C)NCCSc1ncnc2nc[nH]c12. The Morgan fingerprint density at radius 3 is 3.06 bits per heavy atom. The third-order valence-corrected chi connectivity index (χ3v) is 3.07. The van der Waals surface area contributed by atoms with Gasteiger partial charge in [0, 0.05) is 18.3 Å². The van der Waals surface area contributed by atoms with Gasteiger partial charge in [-0.3, -0.25) is 0 Å². The number of hydrogen-bond acceptors (Lipinski definition) is 5. The second-order valence-corrected chi connectivity index (χ2v) is 4.82. The highest BCUT2D eigenvalue weighted by molar-refractivity contribution is 7.99. The number of imidazole rings is 1. The highest BCUT2D eigenvalue weighted by atomic mass is 32.2. The van der Waals surface area contributed by atoms with Gasteiger partial charge in [0.05, 0.1) is 6.33 Å². The summed E-state index contributed by atoms with van der Waals surface area (Å²) in [6.07, 6.45) is 3.21.